The van der Waals surface area contributed by atoms with Crippen LogP contribution in [0.1, 0.15) is 5.56 Å². The van der Waals surface area contributed by atoms with Crippen molar-refractivity contribution in [2.24, 2.45) is 15.1 Å². The smallest absolute Gasteiger partial charge is 0.287 e. The Balaban J connectivity index is 1.76. The van der Waals surface area contributed by atoms with Crippen molar-refractivity contribution in [2.45, 2.75) is 6.92 Å². The minimum absolute atomic E-state index is 0.0732. The van der Waals surface area contributed by atoms with Crippen molar-refractivity contribution in [3.05, 3.63) is 54.4 Å². The van der Waals surface area contributed by atoms with Gasteiger partial charge in [-0.3, -0.25) is 4.99 Å². The van der Waals surface area contributed by atoms with Crippen LogP contribution in [-0.2, 0) is 0 Å². The van der Waals surface area contributed by atoms with Gasteiger partial charge >= 0.3 is 0 Å². The molecule has 1 atom stereocenters. The zero-order valence-corrected chi connectivity index (χ0v) is 15.9. The number of benzene rings is 2. The lowest BCUT2D eigenvalue weighted by molar-refractivity contribution is 0.395. The molecule has 0 spiro atoms. The van der Waals surface area contributed by atoms with Crippen molar-refractivity contribution >= 4 is 35.1 Å². The number of nitrogens with one attached hydrogen (secondary N) is 1. The molecule has 0 fully saturated rings. The summed E-state index contributed by atoms with van der Waals surface area (Å²) in [7, 11) is 3.21. The second-order valence-corrected chi connectivity index (χ2v) is 6.37. The van der Waals surface area contributed by atoms with Crippen molar-refractivity contribution in [3.63, 3.8) is 0 Å². The largest absolute Gasteiger partial charge is 0.497 e. The zero-order valence-electron chi connectivity index (χ0n) is 15.9. The summed E-state index contributed by atoms with van der Waals surface area (Å²) in [5.74, 6) is 2.46. The summed E-state index contributed by atoms with van der Waals surface area (Å²) in [5.41, 5.74) is 9.45. The van der Waals surface area contributed by atoms with Gasteiger partial charge in [-0.1, -0.05) is 10.7 Å². The third-order valence-corrected chi connectivity index (χ3v) is 4.70. The zero-order chi connectivity index (χ0) is 19.7. The summed E-state index contributed by atoms with van der Waals surface area (Å²) in [6.45, 7) is 1.97. The van der Waals surface area contributed by atoms with Gasteiger partial charge in [-0.15, -0.1) is 0 Å². The number of hydrogen-bond acceptors (Lipinski definition) is 7. The average molecular weight is 377 g/mol. The summed E-state index contributed by atoms with van der Waals surface area (Å²) in [6, 6.07) is 11.3. The third-order valence-electron chi connectivity index (χ3n) is 4.70. The molecule has 2 aromatic carbocycles. The fourth-order valence-electron chi connectivity index (χ4n) is 3.21. The minimum Gasteiger partial charge on any atom is -0.497 e. The Morgan fingerprint density at radius 3 is 2.54 bits per heavy atom. The Bertz CT molecular complexity index is 1030. The van der Waals surface area contributed by atoms with Gasteiger partial charge in [-0.2, -0.15) is 4.99 Å². The van der Waals surface area contributed by atoms with Gasteiger partial charge in [-0.05, 0) is 18.1 Å². The first-order valence-electron chi connectivity index (χ1n) is 8.70. The average Bonchev–Trinajstić information content (AvgIpc) is 3.08. The number of aliphatic imine (C=N–C) groups is 2. The van der Waals surface area contributed by atoms with Gasteiger partial charge in [0.05, 0.1) is 20.4 Å². The van der Waals surface area contributed by atoms with E-state index in [1.54, 1.807) is 32.7 Å². The molecule has 8 heteroatoms. The monoisotopic (exact) mass is 377 g/mol. The number of guanidine groups is 1. The molecule has 2 aliphatic rings. The van der Waals surface area contributed by atoms with E-state index < -0.39 is 0 Å². The number of hydrogen-bond donors (Lipinski definition) is 2. The molecule has 2 aromatic rings. The fraction of sp³-hybridized carbons (Fsp3) is 0.150. The van der Waals surface area contributed by atoms with Gasteiger partial charge in [0.1, 0.15) is 17.7 Å². The molecular formula is C20H21N6O2+. The molecule has 2 aliphatic heterocycles. The van der Waals surface area contributed by atoms with Crippen LogP contribution in [-0.4, -0.2) is 32.2 Å². The highest BCUT2D eigenvalue weighted by molar-refractivity contribution is 6.38. The topological polar surface area (TPSA) is 93.6 Å². The number of amidine groups is 1. The van der Waals surface area contributed by atoms with Crippen molar-refractivity contribution < 1.29 is 9.47 Å². The van der Waals surface area contributed by atoms with E-state index in [0.717, 1.165) is 16.9 Å². The highest BCUT2D eigenvalue weighted by Gasteiger charge is 2.44. The van der Waals surface area contributed by atoms with Crippen LogP contribution in [0.5, 0.6) is 11.5 Å². The van der Waals surface area contributed by atoms with E-state index in [2.05, 4.69) is 15.3 Å². The summed E-state index contributed by atoms with van der Waals surface area (Å²) in [4.78, 5) is 8.85. The molecule has 0 saturated carbocycles. The van der Waals surface area contributed by atoms with Gasteiger partial charge in [0.2, 0.25) is 0 Å². The van der Waals surface area contributed by atoms with Gasteiger partial charge in [0, 0.05) is 41.2 Å². The molecule has 4 rings (SSSR count). The standard InChI is InChI=1S/C20H21N6O2/c1-13-17(21)5-4-6-18(13)26-8-7-22-12-19(26)24-20(25-26)23-14-9-15(27-2)11-16(10-14)28-3/h4-12H,21H2,1-3H3,(H,23,25)/q+1. The van der Waals surface area contributed by atoms with Gasteiger partial charge in [0.25, 0.3) is 11.8 Å². The number of ether oxygens (including phenoxy) is 2. The molecule has 0 amide bonds. The van der Waals surface area contributed by atoms with E-state index >= 15 is 0 Å². The van der Waals surface area contributed by atoms with Crippen molar-refractivity contribution in [1.82, 2.24) is 4.59 Å². The second kappa shape index (κ2) is 6.82. The van der Waals surface area contributed by atoms with Crippen LogP contribution >= 0.6 is 0 Å². The predicted octanol–water partition coefficient (Wildman–Crippen LogP) is 3.25. The Hall–Kier alpha value is -3.65. The van der Waals surface area contributed by atoms with Crippen LogP contribution in [0, 0.1) is 6.92 Å². The molecule has 0 bridgehead atoms. The van der Waals surface area contributed by atoms with Crippen LogP contribution in [0.2, 0.25) is 0 Å². The van der Waals surface area contributed by atoms with Crippen LogP contribution in [0.15, 0.2) is 63.9 Å². The number of fused-ring (bicyclic) bond motifs is 1. The van der Waals surface area contributed by atoms with Crippen molar-refractivity contribution in [1.29, 1.82) is 0 Å². The Morgan fingerprint density at radius 1 is 1.07 bits per heavy atom. The SMILES string of the molecule is COc1cc(NC2=N[N+]3(c4cccc(N)c4C)C=CN=CC3=N2)cc(OC)c1. The van der Waals surface area contributed by atoms with Crippen LogP contribution in [0.3, 0.4) is 0 Å². The quantitative estimate of drug-likeness (QED) is 0.632. The summed E-state index contributed by atoms with van der Waals surface area (Å²) >= 11 is 0. The van der Waals surface area contributed by atoms with Gasteiger partial charge < -0.3 is 20.5 Å². The molecule has 2 heterocycles. The Kier molecular flexibility index (Phi) is 4.32. The number of anilines is 2. The molecule has 3 N–H and O–H groups in total. The first kappa shape index (κ1) is 17.7. The number of rotatable bonds is 4. The normalized spacial score (nSPS) is 19.7. The highest BCUT2D eigenvalue weighted by Crippen LogP contribution is 2.36. The predicted molar refractivity (Wildman–Crippen MR) is 113 cm³/mol. The van der Waals surface area contributed by atoms with E-state index in [-0.39, 0.29) is 4.59 Å². The van der Waals surface area contributed by atoms with E-state index in [1.165, 1.54) is 0 Å². The lowest BCUT2D eigenvalue weighted by Gasteiger charge is -2.25. The fourth-order valence-corrected chi connectivity index (χ4v) is 3.21. The van der Waals surface area contributed by atoms with Crippen molar-refractivity contribution in [2.75, 3.05) is 25.3 Å². The minimum atomic E-state index is 0.0732. The maximum atomic E-state index is 6.13. The lowest BCUT2D eigenvalue weighted by atomic mass is 10.1. The van der Waals surface area contributed by atoms with Gasteiger partial charge in [-0.25, -0.2) is 0 Å². The molecule has 0 radical (unpaired) electrons. The van der Waals surface area contributed by atoms with E-state index in [0.29, 0.717) is 29.0 Å². The third kappa shape index (κ3) is 2.89. The van der Waals surface area contributed by atoms with E-state index in [9.17, 15) is 0 Å². The van der Waals surface area contributed by atoms with E-state index in [1.807, 2.05) is 43.5 Å². The first-order valence-corrected chi connectivity index (χ1v) is 8.70. The number of methoxy groups -OCH3 is 2. The molecule has 0 aromatic heterocycles. The Labute approximate surface area is 162 Å². The highest BCUT2D eigenvalue weighted by atomic mass is 16.5. The molecule has 0 saturated heterocycles. The molecular weight excluding hydrogens is 356 g/mol. The summed E-state index contributed by atoms with van der Waals surface area (Å²) < 4.78 is 10.7. The lowest BCUT2D eigenvalue weighted by Crippen LogP contribution is -2.44. The summed E-state index contributed by atoms with van der Waals surface area (Å²) in [6.07, 6.45) is 5.29. The maximum Gasteiger partial charge on any atom is 0.287 e. The first-order chi connectivity index (χ1) is 13.6. The molecule has 1 unspecified atom stereocenters. The van der Waals surface area contributed by atoms with Gasteiger partial charge in [0.15, 0.2) is 11.9 Å². The van der Waals surface area contributed by atoms with Crippen LogP contribution in [0.4, 0.5) is 17.1 Å². The van der Waals surface area contributed by atoms with Crippen LogP contribution < -0.4 is 25.1 Å². The number of quaternary nitrogens is 1. The van der Waals surface area contributed by atoms with Crippen molar-refractivity contribution in [3.8, 4) is 11.5 Å². The van der Waals surface area contributed by atoms with E-state index in [4.69, 9.17) is 20.3 Å². The summed E-state index contributed by atoms with van der Waals surface area (Å²) in [5, 5.41) is 8.08. The number of nitrogen functional groups attached to an aromatic ring is 1. The second-order valence-electron chi connectivity index (χ2n) is 6.37. The molecule has 0 aliphatic carbocycles. The molecule has 8 nitrogen and oxygen atoms in total. The Morgan fingerprint density at radius 2 is 1.82 bits per heavy atom. The van der Waals surface area contributed by atoms with Crippen LogP contribution in [0.25, 0.3) is 0 Å². The maximum absolute atomic E-state index is 6.13. The number of nitrogens with two attached hydrogens (primary N) is 1. The molecule has 28 heavy (non-hydrogen) atoms. The molecule has 142 valence electrons. The number of nitrogens with zero attached hydrogens (tertiary/aromatic N) is 4.